The minimum atomic E-state index is -3.83. The second-order valence-electron chi connectivity index (χ2n) is 6.74. The Bertz CT molecular complexity index is 1200. The van der Waals surface area contributed by atoms with Gasteiger partial charge in [0.2, 0.25) is 0 Å². The van der Waals surface area contributed by atoms with Crippen molar-refractivity contribution >= 4 is 27.4 Å². The maximum Gasteiger partial charge on any atom is 0.262 e. The number of fused-ring (bicyclic) bond motifs is 1. The summed E-state index contributed by atoms with van der Waals surface area (Å²) in [6, 6.07) is 12.3. The second-order valence-corrected chi connectivity index (χ2v) is 8.42. The van der Waals surface area contributed by atoms with Gasteiger partial charge in [0.05, 0.1) is 10.6 Å². The summed E-state index contributed by atoms with van der Waals surface area (Å²) in [6.45, 7) is 2.63. The molecular formula is C20H20N4O5S. The van der Waals surface area contributed by atoms with Crippen LogP contribution in [0.15, 0.2) is 53.4 Å². The number of carbonyl (C=O) groups excluding carboxylic acids is 1. The number of hydrogen-bond donors (Lipinski definition) is 2. The summed E-state index contributed by atoms with van der Waals surface area (Å²) in [4.78, 5) is 12.5. The molecule has 2 N–H and O–H groups in total. The highest BCUT2D eigenvalue weighted by Crippen LogP contribution is 2.32. The van der Waals surface area contributed by atoms with Crippen LogP contribution in [0.5, 0.6) is 11.5 Å². The van der Waals surface area contributed by atoms with E-state index in [9.17, 15) is 13.2 Å². The van der Waals surface area contributed by atoms with Crippen LogP contribution in [-0.2, 0) is 17.1 Å². The molecule has 0 saturated carbocycles. The van der Waals surface area contributed by atoms with E-state index in [0.717, 1.165) is 5.69 Å². The lowest BCUT2D eigenvalue weighted by atomic mass is 10.2. The average molecular weight is 428 g/mol. The highest BCUT2D eigenvalue weighted by Gasteiger charge is 2.20. The standard InChI is InChI=1S/C20H20N4O5S/c1-13-11-19(24(2)22-13)21-20(25)14-3-5-15(6-4-14)23-30(26,27)16-7-8-17-18(12-16)29-10-9-28-17/h3-8,11-12,23H,9-10H2,1-2H3,(H,21,25). The Kier molecular flexibility index (Phi) is 5.08. The van der Waals surface area contributed by atoms with E-state index in [4.69, 9.17) is 9.47 Å². The van der Waals surface area contributed by atoms with Gasteiger partial charge in [0.1, 0.15) is 19.0 Å². The molecule has 1 amide bonds. The molecule has 0 bridgehead atoms. The molecule has 2 aromatic carbocycles. The average Bonchev–Trinajstić information content (AvgIpc) is 3.04. The van der Waals surface area contributed by atoms with E-state index in [1.54, 1.807) is 36.0 Å². The third kappa shape index (κ3) is 4.08. The molecule has 0 unspecified atom stereocenters. The third-order valence-electron chi connectivity index (χ3n) is 4.47. The number of ether oxygens (including phenoxy) is 2. The second kappa shape index (κ2) is 7.71. The van der Waals surface area contributed by atoms with Crippen LogP contribution in [-0.4, -0.2) is 37.3 Å². The van der Waals surface area contributed by atoms with E-state index in [-0.39, 0.29) is 10.8 Å². The van der Waals surface area contributed by atoms with Crippen LogP contribution in [0, 0.1) is 6.92 Å². The molecule has 0 fully saturated rings. The third-order valence-corrected chi connectivity index (χ3v) is 5.85. The molecule has 0 atom stereocenters. The quantitative estimate of drug-likeness (QED) is 0.646. The zero-order valence-electron chi connectivity index (χ0n) is 16.4. The van der Waals surface area contributed by atoms with Crippen LogP contribution in [0.3, 0.4) is 0 Å². The monoisotopic (exact) mass is 428 g/mol. The zero-order valence-corrected chi connectivity index (χ0v) is 17.2. The SMILES string of the molecule is Cc1cc(NC(=O)c2ccc(NS(=O)(=O)c3ccc4c(c3)OCCO4)cc2)n(C)n1. The molecule has 1 aliphatic heterocycles. The van der Waals surface area contributed by atoms with Crippen molar-refractivity contribution in [2.45, 2.75) is 11.8 Å². The molecule has 0 aliphatic carbocycles. The Morgan fingerprint density at radius 1 is 1.03 bits per heavy atom. The number of nitrogens with one attached hydrogen (secondary N) is 2. The van der Waals surface area contributed by atoms with Crippen molar-refractivity contribution in [1.29, 1.82) is 0 Å². The molecule has 30 heavy (non-hydrogen) atoms. The summed E-state index contributed by atoms with van der Waals surface area (Å²) in [5.74, 6) is 1.15. The van der Waals surface area contributed by atoms with Crippen LogP contribution in [0.2, 0.25) is 0 Å². The number of hydrogen-bond acceptors (Lipinski definition) is 6. The van der Waals surface area contributed by atoms with Crippen LogP contribution in [0.1, 0.15) is 16.1 Å². The first-order chi connectivity index (χ1) is 14.3. The fraction of sp³-hybridized carbons (Fsp3) is 0.200. The highest BCUT2D eigenvalue weighted by atomic mass is 32.2. The highest BCUT2D eigenvalue weighted by molar-refractivity contribution is 7.92. The van der Waals surface area contributed by atoms with Crippen molar-refractivity contribution in [2.75, 3.05) is 23.3 Å². The van der Waals surface area contributed by atoms with Gasteiger partial charge in [-0.2, -0.15) is 5.10 Å². The van der Waals surface area contributed by atoms with Gasteiger partial charge in [0, 0.05) is 30.4 Å². The first-order valence-electron chi connectivity index (χ1n) is 9.16. The van der Waals surface area contributed by atoms with Crippen molar-refractivity contribution in [3.8, 4) is 11.5 Å². The molecule has 2 heterocycles. The number of aryl methyl sites for hydroxylation is 2. The van der Waals surface area contributed by atoms with Gasteiger partial charge in [-0.3, -0.25) is 14.2 Å². The molecule has 3 aromatic rings. The number of nitrogens with zero attached hydrogens (tertiary/aromatic N) is 2. The number of amides is 1. The summed E-state index contributed by atoms with van der Waals surface area (Å²) in [7, 11) is -2.09. The molecule has 4 rings (SSSR count). The molecule has 1 aromatic heterocycles. The van der Waals surface area contributed by atoms with Crippen molar-refractivity contribution in [3.05, 3.63) is 59.8 Å². The zero-order chi connectivity index (χ0) is 21.3. The van der Waals surface area contributed by atoms with Crippen LogP contribution >= 0.6 is 0 Å². The molecule has 1 aliphatic rings. The lowest BCUT2D eigenvalue weighted by molar-refractivity contribution is 0.102. The Hall–Kier alpha value is -3.53. The summed E-state index contributed by atoms with van der Waals surface area (Å²) in [5.41, 5.74) is 1.51. The fourth-order valence-corrected chi connectivity index (χ4v) is 4.08. The molecule has 156 valence electrons. The van der Waals surface area contributed by atoms with E-state index in [0.29, 0.717) is 41.8 Å². The lowest BCUT2D eigenvalue weighted by Gasteiger charge is -2.19. The maximum absolute atomic E-state index is 12.7. The Morgan fingerprint density at radius 3 is 2.40 bits per heavy atom. The largest absolute Gasteiger partial charge is 0.486 e. The first-order valence-corrected chi connectivity index (χ1v) is 10.6. The predicted octanol–water partition coefficient (Wildman–Crippen LogP) is 2.55. The number of benzene rings is 2. The van der Waals surface area contributed by atoms with Gasteiger partial charge in [-0.25, -0.2) is 8.42 Å². The van der Waals surface area contributed by atoms with Crippen molar-refractivity contribution in [2.24, 2.45) is 7.05 Å². The lowest BCUT2D eigenvalue weighted by Crippen LogP contribution is -2.17. The van der Waals surface area contributed by atoms with Crippen molar-refractivity contribution in [1.82, 2.24) is 9.78 Å². The predicted molar refractivity (Wildman–Crippen MR) is 111 cm³/mol. The van der Waals surface area contributed by atoms with E-state index in [1.807, 2.05) is 6.92 Å². The molecule has 0 saturated heterocycles. The Labute approximate surface area is 173 Å². The summed E-state index contributed by atoms with van der Waals surface area (Å²) < 4.78 is 40.3. The molecule has 0 radical (unpaired) electrons. The van der Waals surface area contributed by atoms with E-state index < -0.39 is 10.0 Å². The molecular weight excluding hydrogens is 408 g/mol. The Balaban J connectivity index is 1.47. The van der Waals surface area contributed by atoms with Crippen LogP contribution in [0.4, 0.5) is 11.5 Å². The molecule has 9 nitrogen and oxygen atoms in total. The summed E-state index contributed by atoms with van der Waals surface area (Å²) in [5, 5.41) is 6.94. The van der Waals surface area contributed by atoms with Gasteiger partial charge in [-0.05, 0) is 43.3 Å². The van der Waals surface area contributed by atoms with E-state index >= 15 is 0 Å². The number of anilines is 2. The van der Waals surface area contributed by atoms with Crippen LogP contribution < -0.4 is 19.5 Å². The fourth-order valence-electron chi connectivity index (χ4n) is 3.01. The van der Waals surface area contributed by atoms with E-state index in [1.165, 1.54) is 24.3 Å². The van der Waals surface area contributed by atoms with Gasteiger partial charge < -0.3 is 14.8 Å². The maximum atomic E-state index is 12.7. The van der Waals surface area contributed by atoms with Gasteiger partial charge in [-0.15, -0.1) is 0 Å². The minimum Gasteiger partial charge on any atom is -0.486 e. The normalized spacial score (nSPS) is 13.0. The van der Waals surface area contributed by atoms with Crippen molar-refractivity contribution in [3.63, 3.8) is 0 Å². The number of rotatable bonds is 5. The summed E-state index contributed by atoms with van der Waals surface area (Å²) >= 11 is 0. The molecule has 10 heteroatoms. The van der Waals surface area contributed by atoms with Gasteiger partial charge >= 0.3 is 0 Å². The van der Waals surface area contributed by atoms with Crippen LogP contribution in [0.25, 0.3) is 0 Å². The van der Waals surface area contributed by atoms with E-state index in [2.05, 4.69) is 15.1 Å². The van der Waals surface area contributed by atoms with Crippen molar-refractivity contribution < 1.29 is 22.7 Å². The number of aromatic nitrogens is 2. The molecule has 0 spiro atoms. The smallest absolute Gasteiger partial charge is 0.262 e. The number of carbonyl (C=O) groups is 1. The first kappa shape index (κ1) is 19.8. The minimum absolute atomic E-state index is 0.0557. The Morgan fingerprint density at radius 2 is 1.73 bits per heavy atom. The van der Waals surface area contributed by atoms with Gasteiger partial charge in [0.15, 0.2) is 11.5 Å². The number of sulfonamides is 1. The topological polar surface area (TPSA) is 112 Å². The van der Waals surface area contributed by atoms with Gasteiger partial charge in [-0.1, -0.05) is 0 Å². The van der Waals surface area contributed by atoms with Gasteiger partial charge in [0.25, 0.3) is 15.9 Å². The summed E-state index contributed by atoms with van der Waals surface area (Å²) in [6.07, 6.45) is 0.